The van der Waals surface area contributed by atoms with E-state index in [4.69, 9.17) is 4.74 Å². The van der Waals surface area contributed by atoms with E-state index in [2.05, 4.69) is 58.6 Å². The van der Waals surface area contributed by atoms with E-state index in [0.717, 1.165) is 24.9 Å². The van der Waals surface area contributed by atoms with Gasteiger partial charge in [0, 0.05) is 23.1 Å². The molecule has 5 nitrogen and oxygen atoms in total. The SMILES string of the molecule is CN1CCc2c([nH]c3ccccc23)[C@H]1[C@H](Cc1ccccc1)NC(=O)OC(C)(C)C. The molecular weight excluding hydrogens is 374 g/mol. The number of benzene rings is 2. The number of nitrogens with zero attached hydrogens (tertiary/aromatic N) is 1. The maximum Gasteiger partial charge on any atom is 0.407 e. The van der Waals surface area contributed by atoms with Crippen molar-refractivity contribution in [3.05, 3.63) is 71.4 Å². The topological polar surface area (TPSA) is 57.4 Å². The molecule has 0 bridgehead atoms. The minimum atomic E-state index is -0.536. The average molecular weight is 406 g/mol. The number of nitrogens with one attached hydrogen (secondary N) is 2. The summed E-state index contributed by atoms with van der Waals surface area (Å²) in [5.74, 6) is 0. The third-order valence-electron chi connectivity index (χ3n) is 5.71. The Balaban J connectivity index is 1.71. The molecular formula is C25H31N3O2. The van der Waals surface area contributed by atoms with Gasteiger partial charge in [0.1, 0.15) is 5.60 Å². The second-order valence-electron chi connectivity index (χ2n) is 9.18. The molecule has 4 rings (SSSR count). The zero-order chi connectivity index (χ0) is 21.3. The Hall–Kier alpha value is -2.79. The van der Waals surface area contributed by atoms with Gasteiger partial charge < -0.3 is 15.0 Å². The minimum absolute atomic E-state index is 0.0360. The first-order chi connectivity index (χ1) is 14.3. The quantitative estimate of drug-likeness (QED) is 0.653. The number of ether oxygens (including phenoxy) is 1. The van der Waals surface area contributed by atoms with Crippen LogP contribution in [0.1, 0.15) is 43.6 Å². The largest absolute Gasteiger partial charge is 0.444 e. The number of H-pyrrole nitrogens is 1. The van der Waals surface area contributed by atoms with E-state index in [1.807, 2.05) is 39.0 Å². The van der Waals surface area contributed by atoms with Gasteiger partial charge in [-0.15, -0.1) is 0 Å². The number of fused-ring (bicyclic) bond motifs is 3. The van der Waals surface area contributed by atoms with E-state index in [9.17, 15) is 4.79 Å². The normalized spacial score (nSPS) is 18.1. The van der Waals surface area contributed by atoms with Crippen LogP contribution in [-0.2, 0) is 17.6 Å². The van der Waals surface area contributed by atoms with Crippen LogP contribution in [0.4, 0.5) is 4.79 Å². The van der Waals surface area contributed by atoms with E-state index in [1.165, 1.54) is 22.2 Å². The zero-order valence-electron chi connectivity index (χ0n) is 18.2. The number of para-hydroxylation sites is 1. The Morgan fingerprint density at radius 1 is 1.17 bits per heavy atom. The molecule has 0 saturated heterocycles. The van der Waals surface area contributed by atoms with E-state index in [0.29, 0.717) is 0 Å². The summed E-state index contributed by atoms with van der Waals surface area (Å²) < 4.78 is 5.60. The Morgan fingerprint density at radius 2 is 1.87 bits per heavy atom. The Bertz CT molecular complexity index is 1020. The second-order valence-corrected chi connectivity index (χ2v) is 9.18. The van der Waals surface area contributed by atoms with Gasteiger partial charge >= 0.3 is 6.09 Å². The standard InChI is InChI=1S/C25H31N3O2/c1-25(2,3)30-24(29)27-21(16-17-10-6-5-7-11-17)23-22-19(14-15-28(23)4)18-12-8-9-13-20(18)26-22/h5-13,21,23,26H,14-16H2,1-4H3,(H,27,29)/t21-,23+/m0/s1. The van der Waals surface area contributed by atoms with Crippen molar-refractivity contribution in [2.24, 2.45) is 0 Å². The number of likely N-dealkylation sites (N-methyl/N-ethyl adjacent to an activating group) is 1. The summed E-state index contributed by atoms with van der Waals surface area (Å²) in [5, 5.41) is 4.46. The molecule has 158 valence electrons. The van der Waals surface area contributed by atoms with Crippen LogP contribution in [0.2, 0.25) is 0 Å². The van der Waals surface area contributed by atoms with Gasteiger partial charge in [-0.2, -0.15) is 0 Å². The summed E-state index contributed by atoms with van der Waals surface area (Å²) in [6.45, 7) is 6.62. The Labute approximate surface area is 178 Å². The first-order valence-corrected chi connectivity index (χ1v) is 10.6. The minimum Gasteiger partial charge on any atom is -0.444 e. The lowest BCUT2D eigenvalue weighted by atomic mass is 9.90. The molecule has 3 aromatic rings. The van der Waals surface area contributed by atoms with Crippen molar-refractivity contribution in [2.45, 2.75) is 51.3 Å². The number of hydrogen-bond donors (Lipinski definition) is 2. The Kier molecular flexibility index (Phi) is 5.56. The van der Waals surface area contributed by atoms with Gasteiger partial charge in [0.25, 0.3) is 0 Å². The molecule has 2 atom stereocenters. The highest BCUT2D eigenvalue weighted by Gasteiger charge is 2.36. The van der Waals surface area contributed by atoms with Crippen molar-refractivity contribution in [3.63, 3.8) is 0 Å². The van der Waals surface area contributed by atoms with E-state index in [-0.39, 0.29) is 18.2 Å². The average Bonchev–Trinajstić information content (AvgIpc) is 3.05. The van der Waals surface area contributed by atoms with Crippen molar-refractivity contribution >= 4 is 17.0 Å². The molecule has 0 aliphatic carbocycles. The summed E-state index contributed by atoms with van der Waals surface area (Å²) in [7, 11) is 2.13. The number of rotatable bonds is 4. The predicted octanol–water partition coefficient (Wildman–Crippen LogP) is 4.83. The van der Waals surface area contributed by atoms with Crippen molar-refractivity contribution < 1.29 is 9.53 Å². The van der Waals surface area contributed by atoms with Gasteiger partial charge in [-0.1, -0.05) is 48.5 Å². The van der Waals surface area contributed by atoms with Crippen LogP contribution >= 0.6 is 0 Å². The molecule has 0 saturated carbocycles. The monoisotopic (exact) mass is 405 g/mol. The smallest absolute Gasteiger partial charge is 0.407 e. The van der Waals surface area contributed by atoms with Crippen LogP contribution in [-0.4, -0.2) is 41.2 Å². The number of hydrogen-bond acceptors (Lipinski definition) is 3. The van der Waals surface area contributed by atoms with Gasteiger partial charge in [-0.05, 0) is 57.9 Å². The van der Waals surface area contributed by atoms with Gasteiger partial charge in [-0.3, -0.25) is 4.90 Å². The summed E-state index contributed by atoms with van der Waals surface area (Å²) in [5.41, 5.74) is 4.36. The second kappa shape index (κ2) is 8.15. The predicted molar refractivity (Wildman–Crippen MR) is 121 cm³/mol. The molecule has 0 unspecified atom stereocenters. The number of amides is 1. The number of alkyl carbamates (subject to hydrolysis) is 1. The molecule has 1 aromatic heterocycles. The van der Waals surface area contributed by atoms with Gasteiger partial charge in [0.05, 0.1) is 12.1 Å². The first kappa shape index (κ1) is 20.5. The van der Waals surface area contributed by atoms with E-state index in [1.54, 1.807) is 0 Å². The fourth-order valence-corrected chi connectivity index (χ4v) is 4.47. The van der Waals surface area contributed by atoms with Gasteiger partial charge in [-0.25, -0.2) is 4.79 Å². The van der Waals surface area contributed by atoms with Crippen LogP contribution in [0, 0.1) is 0 Å². The fraction of sp³-hybridized carbons (Fsp3) is 0.400. The van der Waals surface area contributed by atoms with Crippen LogP contribution in [0.5, 0.6) is 0 Å². The lowest BCUT2D eigenvalue weighted by Gasteiger charge is -2.38. The van der Waals surface area contributed by atoms with Crippen LogP contribution in [0.25, 0.3) is 10.9 Å². The van der Waals surface area contributed by atoms with E-state index >= 15 is 0 Å². The van der Waals surface area contributed by atoms with Gasteiger partial charge in [0.2, 0.25) is 0 Å². The molecule has 0 radical (unpaired) electrons. The number of aromatic nitrogens is 1. The molecule has 2 aromatic carbocycles. The lowest BCUT2D eigenvalue weighted by Crippen LogP contribution is -2.49. The third kappa shape index (κ3) is 4.36. The van der Waals surface area contributed by atoms with Crippen molar-refractivity contribution in [1.29, 1.82) is 0 Å². The van der Waals surface area contributed by atoms with Crippen LogP contribution in [0.3, 0.4) is 0 Å². The van der Waals surface area contributed by atoms with E-state index < -0.39 is 5.60 Å². The molecule has 5 heteroatoms. The Morgan fingerprint density at radius 3 is 2.60 bits per heavy atom. The summed E-state index contributed by atoms with van der Waals surface area (Å²) in [6.07, 6.45) is 1.35. The van der Waals surface area contributed by atoms with Crippen LogP contribution < -0.4 is 5.32 Å². The molecule has 0 fully saturated rings. The van der Waals surface area contributed by atoms with Crippen molar-refractivity contribution in [1.82, 2.24) is 15.2 Å². The summed E-state index contributed by atoms with van der Waals surface area (Å²) in [6, 6.07) is 18.7. The van der Waals surface area contributed by atoms with Crippen LogP contribution in [0.15, 0.2) is 54.6 Å². The maximum absolute atomic E-state index is 12.7. The number of carbonyl (C=O) groups is 1. The third-order valence-corrected chi connectivity index (χ3v) is 5.71. The highest BCUT2D eigenvalue weighted by molar-refractivity contribution is 5.85. The molecule has 2 heterocycles. The van der Waals surface area contributed by atoms with Gasteiger partial charge in [0.15, 0.2) is 0 Å². The van der Waals surface area contributed by atoms with Crippen molar-refractivity contribution in [3.8, 4) is 0 Å². The zero-order valence-corrected chi connectivity index (χ0v) is 18.2. The summed E-state index contributed by atoms with van der Waals surface area (Å²) in [4.78, 5) is 18.7. The first-order valence-electron chi connectivity index (χ1n) is 10.6. The molecule has 1 aliphatic heterocycles. The number of carbonyl (C=O) groups excluding carboxylic acids is 1. The molecule has 1 aliphatic rings. The fourth-order valence-electron chi connectivity index (χ4n) is 4.47. The molecule has 30 heavy (non-hydrogen) atoms. The highest BCUT2D eigenvalue weighted by Crippen LogP contribution is 2.36. The lowest BCUT2D eigenvalue weighted by molar-refractivity contribution is 0.0461. The maximum atomic E-state index is 12.7. The van der Waals surface area contributed by atoms with Crippen molar-refractivity contribution in [2.75, 3.05) is 13.6 Å². The summed E-state index contributed by atoms with van der Waals surface area (Å²) >= 11 is 0. The molecule has 0 spiro atoms. The number of aromatic amines is 1. The molecule has 1 amide bonds. The highest BCUT2D eigenvalue weighted by atomic mass is 16.6. The molecule has 2 N–H and O–H groups in total.